The minimum Gasteiger partial charge on any atom is -0.251 e. The van der Waals surface area contributed by atoms with E-state index < -0.39 is 0 Å². The molecule has 138 valence electrons. The Morgan fingerprint density at radius 1 is 0.429 bits per heavy atom. The Hall–Kier alpha value is -3.54. The monoisotopic (exact) mass is 368 g/mol. The second-order valence-electron chi connectivity index (χ2n) is 6.95. The minimum atomic E-state index is 0.667. The van der Waals surface area contributed by atoms with Crippen LogP contribution < -0.4 is 0 Å². The van der Waals surface area contributed by atoms with Gasteiger partial charge in [0.1, 0.15) is 22.8 Å². The van der Waals surface area contributed by atoms with Crippen molar-refractivity contribution in [2.75, 3.05) is 0 Å². The van der Waals surface area contributed by atoms with Crippen LogP contribution in [0.3, 0.4) is 0 Å². The summed E-state index contributed by atoms with van der Waals surface area (Å²) in [5.41, 5.74) is 8.66. The smallest absolute Gasteiger partial charge is 0.113 e. The molecule has 4 aromatic heterocycles. The molecule has 0 atom stereocenters. The van der Waals surface area contributed by atoms with Crippen LogP contribution in [0.5, 0.6) is 0 Å². The molecular formula is C22H20N6. The third-order valence-corrected chi connectivity index (χ3v) is 4.31. The van der Waals surface area contributed by atoms with Crippen molar-refractivity contribution in [3.8, 4) is 34.2 Å². The third kappa shape index (κ3) is 3.76. The number of hydrogen-bond acceptors (Lipinski definition) is 6. The first-order valence-corrected chi connectivity index (χ1v) is 9.07. The average molecular weight is 368 g/mol. The highest BCUT2D eigenvalue weighted by Crippen LogP contribution is 2.21. The van der Waals surface area contributed by atoms with Crippen molar-refractivity contribution in [2.45, 2.75) is 27.7 Å². The van der Waals surface area contributed by atoms with Crippen molar-refractivity contribution in [3.05, 3.63) is 71.0 Å². The molecule has 0 aliphatic heterocycles. The van der Waals surface area contributed by atoms with Gasteiger partial charge in [-0.3, -0.25) is 9.97 Å². The summed E-state index contributed by atoms with van der Waals surface area (Å²) in [6.45, 7) is 8.03. The minimum absolute atomic E-state index is 0.667. The number of aromatic nitrogens is 6. The highest BCUT2D eigenvalue weighted by molar-refractivity contribution is 5.61. The molecule has 28 heavy (non-hydrogen) atoms. The summed E-state index contributed by atoms with van der Waals surface area (Å²) in [5.74, 6) is 0. The van der Waals surface area contributed by atoms with Crippen LogP contribution in [-0.4, -0.2) is 30.4 Å². The highest BCUT2D eigenvalue weighted by Gasteiger charge is 2.09. The molecule has 6 nitrogen and oxygen atoms in total. The van der Waals surface area contributed by atoms with E-state index in [0.29, 0.717) is 11.4 Å². The second kappa shape index (κ2) is 7.23. The Morgan fingerprint density at radius 3 is 1.04 bits per heavy atom. The van der Waals surface area contributed by atoms with Gasteiger partial charge in [-0.05, 0) is 87.4 Å². The van der Waals surface area contributed by atoms with Crippen LogP contribution in [0.2, 0.25) is 0 Å². The summed E-state index contributed by atoms with van der Waals surface area (Å²) < 4.78 is 0. The zero-order chi connectivity index (χ0) is 19.7. The Kier molecular flexibility index (Phi) is 4.61. The van der Waals surface area contributed by atoms with E-state index in [-0.39, 0.29) is 0 Å². The second-order valence-corrected chi connectivity index (χ2v) is 6.95. The first-order valence-electron chi connectivity index (χ1n) is 9.07. The fraction of sp³-hybridized carbons (Fsp3) is 0.182. The van der Waals surface area contributed by atoms with Gasteiger partial charge in [-0.15, -0.1) is 20.4 Å². The molecule has 4 aromatic rings. The highest BCUT2D eigenvalue weighted by atomic mass is 15.2. The van der Waals surface area contributed by atoms with Crippen LogP contribution in [0.1, 0.15) is 22.5 Å². The van der Waals surface area contributed by atoms with Gasteiger partial charge in [0.15, 0.2) is 0 Å². The van der Waals surface area contributed by atoms with Gasteiger partial charge in [-0.2, -0.15) is 0 Å². The maximum Gasteiger partial charge on any atom is 0.113 e. The van der Waals surface area contributed by atoms with E-state index in [2.05, 4.69) is 30.4 Å². The lowest BCUT2D eigenvalue weighted by Gasteiger charge is -2.05. The van der Waals surface area contributed by atoms with Crippen molar-refractivity contribution in [1.82, 2.24) is 30.4 Å². The van der Waals surface area contributed by atoms with Crippen molar-refractivity contribution < 1.29 is 0 Å². The van der Waals surface area contributed by atoms with E-state index in [1.807, 2.05) is 76.2 Å². The molecule has 0 unspecified atom stereocenters. The Morgan fingerprint density at radius 2 is 0.750 bits per heavy atom. The van der Waals surface area contributed by atoms with Crippen LogP contribution in [0.25, 0.3) is 34.2 Å². The number of pyridine rings is 2. The Balaban J connectivity index is 1.61. The molecule has 0 fully saturated rings. The molecule has 4 heterocycles. The molecule has 0 bridgehead atoms. The maximum absolute atomic E-state index is 4.53. The van der Waals surface area contributed by atoms with E-state index in [0.717, 1.165) is 45.3 Å². The van der Waals surface area contributed by atoms with Gasteiger partial charge in [-0.25, -0.2) is 0 Å². The first-order chi connectivity index (χ1) is 13.5. The lowest BCUT2D eigenvalue weighted by molar-refractivity contribution is 0.985. The quantitative estimate of drug-likeness (QED) is 0.537. The number of aryl methyl sites for hydroxylation is 4. The molecule has 0 spiro atoms. The van der Waals surface area contributed by atoms with Crippen LogP contribution in [0, 0.1) is 27.7 Å². The van der Waals surface area contributed by atoms with Gasteiger partial charge in [0, 0.05) is 11.4 Å². The fourth-order valence-corrected chi connectivity index (χ4v) is 3.16. The molecule has 0 N–H and O–H groups in total. The molecule has 4 rings (SSSR count). The van der Waals surface area contributed by atoms with Crippen molar-refractivity contribution in [3.63, 3.8) is 0 Å². The van der Waals surface area contributed by atoms with E-state index in [1.54, 1.807) is 0 Å². The number of nitrogens with zero attached hydrogens (tertiary/aromatic N) is 6. The molecule has 0 aliphatic carbocycles. The molecule has 0 aliphatic rings. The summed E-state index contributed by atoms with van der Waals surface area (Å²) in [6.07, 6.45) is 0. The zero-order valence-corrected chi connectivity index (χ0v) is 16.3. The number of rotatable bonds is 3. The van der Waals surface area contributed by atoms with E-state index in [9.17, 15) is 0 Å². The largest absolute Gasteiger partial charge is 0.251 e. The topological polar surface area (TPSA) is 77.3 Å². The van der Waals surface area contributed by atoms with E-state index >= 15 is 0 Å². The third-order valence-electron chi connectivity index (χ3n) is 4.31. The zero-order valence-electron chi connectivity index (χ0n) is 16.3. The fourth-order valence-electron chi connectivity index (χ4n) is 3.16. The normalized spacial score (nSPS) is 10.9. The van der Waals surface area contributed by atoms with Gasteiger partial charge < -0.3 is 0 Å². The predicted octanol–water partition coefficient (Wildman–Crippen LogP) is 4.29. The number of hydrogen-bond donors (Lipinski definition) is 0. The van der Waals surface area contributed by atoms with Gasteiger partial charge in [0.25, 0.3) is 0 Å². The summed E-state index contributed by atoms with van der Waals surface area (Å²) in [4.78, 5) is 9.06. The predicted molar refractivity (Wildman–Crippen MR) is 108 cm³/mol. The Labute approximate surface area is 163 Å². The van der Waals surface area contributed by atoms with E-state index in [4.69, 9.17) is 0 Å². The first kappa shape index (κ1) is 17.9. The molecule has 0 radical (unpaired) electrons. The summed E-state index contributed by atoms with van der Waals surface area (Å²) in [7, 11) is 0. The SMILES string of the molecule is Cc1cc(C)nc(-c2ccc(-c3ccc(-c4cc(C)cc(C)n4)nn3)nn2)c1. The van der Waals surface area contributed by atoms with Crippen LogP contribution in [-0.2, 0) is 0 Å². The van der Waals surface area contributed by atoms with Crippen molar-refractivity contribution >= 4 is 0 Å². The van der Waals surface area contributed by atoms with Gasteiger partial charge in [0.2, 0.25) is 0 Å². The Bertz CT molecular complexity index is 1000. The van der Waals surface area contributed by atoms with Crippen molar-refractivity contribution in [1.29, 1.82) is 0 Å². The summed E-state index contributed by atoms with van der Waals surface area (Å²) >= 11 is 0. The summed E-state index contributed by atoms with van der Waals surface area (Å²) in [5, 5.41) is 17.3. The lowest BCUT2D eigenvalue weighted by Crippen LogP contribution is -1.98. The molecule has 6 heteroatoms. The molecular weight excluding hydrogens is 348 g/mol. The maximum atomic E-state index is 4.53. The lowest BCUT2D eigenvalue weighted by atomic mass is 10.1. The van der Waals surface area contributed by atoms with Gasteiger partial charge in [-0.1, -0.05) is 0 Å². The van der Waals surface area contributed by atoms with Crippen LogP contribution in [0.15, 0.2) is 48.5 Å². The van der Waals surface area contributed by atoms with Crippen LogP contribution in [0.4, 0.5) is 0 Å². The van der Waals surface area contributed by atoms with Crippen molar-refractivity contribution in [2.24, 2.45) is 0 Å². The molecule has 0 aromatic carbocycles. The standard InChI is InChI=1S/C22H20N6/c1-13-9-15(3)23-21(11-13)19-7-5-17(25-27-19)18-6-8-20(28-26-18)22-12-14(2)10-16(4)24-22/h5-12H,1-4H3. The average Bonchev–Trinajstić information content (AvgIpc) is 2.67. The summed E-state index contributed by atoms with van der Waals surface area (Å²) in [6, 6.07) is 15.7. The van der Waals surface area contributed by atoms with Gasteiger partial charge in [0.05, 0.1) is 11.4 Å². The van der Waals surface area contributed by atoms with Gasteiger partial charge >= 0.3 is 0 Å². The van der Waals surface area contributed by atoms with Crippen LogP contribution >= 0.6 is 0 Å². The molecule has 0 amide bonds. The molecule has 0 saturated heterocycles. The molecule has 0 saturated carbocycles. The van der Waals surface area contributed by atoms with E-state index in [1.165, 1.54) is 0 Å².